The van der Waals surface area contributed by atoms with Crippen LogP contribution in [0, 0.1) is 11.8 Å². The Kier molecular flexibility index (Phi) is 4.61. The summed E-state index contributed by atoms with van der Waals surface area (Å²) in [6.45, 7) is 6.06. The average molecular weight is 237 g/mol. The van der Waals surface area contributed by atoms with E-state index in [1.54, 1.807) is 0 Å². The van der Waals surface area contributed by atoms with Crippen molar-refractivity contribution in [3.63, 3.8) is 0 Å². The van der Waals surface area contributed by atoms with Crippen LogP contribution in [0.1, 0.15) is 58.8 Å². The van der Waals surface area contributed by atoms with E-state index < -0.39 is 0 Å². The molecule has 2 nitrogen and oxygen atoms in total. The summed E-state index contributed by atoms with van der Waals surface area (Å²) in [4.78, 5) is 14.6. The molecule has 17 heavy (non-hydrogen) atoms. The summed E-state index contributed by atoms with van der Waals surface area (Å²) in [6, 6.07) is 0.727. The predicted molar refractivity (Wildman–Crippen MR) is 71.0 cm³/mol. The third-order valence-electron chi connectivity index (χ3n) is 4.88. The van der Waals surface area contributed by atoms with Gasteiger partial charge in [0.1, 0.15) is 5.78 Å². The highest BCUT2D eigenvalue weighted by Gasteiger charge is 2.34. The summed E-state index contributed by atoms with van der Waals surface area (Å²) in [7, 11) is 0. The van der Waals surface area contributed by atoms with Gasteiger partial charge in [0.25, 0.3) is 0 Å². The molecule has 0 bridgehead atoms. The van der Waals surface area contributed by atoms with Crippen molar-refractivity contribution in [2.45, 2.75) is 64.8 Å². The maximum absolute atomic E-state index is 12.1. The van der Waals surface area contributed by atoms with Crippen molar-refractivity contribution < 1.29 is 4.79 Å². The zero-order valence-electron chi connectivity index (χ0n) is 11.5. The van der Waals surface area contributed by atoms with Gasteiger partial charge in [0.2, 0.25) is 0 Å². The Morgan fingerprint density at radius 1 is 1.24 bits per heavy atom. The minimum absolute atomic E-state index is 0.249. The van der Waals surface area contributed by atoms with Gasteiger partial charge in [0.15, 0.2) is 0 Å². The number of carbonyl (C=O) groups is 1. The Labute approximate surface area is 106 Å². The Hall–Kier alpha value is -0.370. The lowest BCUT2D eigenvalue weighted by atomic mass is 9.78. The number of hydrogen-bond acceptors (Lipinski definition) is 2. The number of ketones is 1. The molecule has 98 valence electrons. The van der Waals surface area contributed by atoms with Crippen LogP contribution in [-0.4, -0.2) is 29.8 Å². The molecule has 0 radical (unpaired) electrons. The first-order valence-electron chi connectivity index (χ1n) is 7.49. The summed E-state index contributed by atoms with van der Waals surface area (Å²) in [6.07, 6.45) is 9.20. The Morgan fingerprint density at radius 3 is 2.71 bits per heavy atom. The molecule has 0 spiro atoms. The van der Waals surface area contributed by atoms with Crippen molar-refractivity contribution in [3.8, 4) is 0 Å². The molecule has 0 N–H and O–H groups in total. The van der Waals surface area contributed by atoms with E-state index in [1.165, 1.54) is 38.5 Å². The third kappa shape index (κ3) is 3.09. The van der Waals surface area contributed by atoms with Gasteiger partial charge in [-0.3, -0.25) is 9.69 Å². The van der Waals surface area contributed by atoms with E-state index in [0.29, 0.717) is 5.78 Å². The Balaban J connectivity index is 1.92. The molecule has 3 atom stereocenters. The molecule has 1 saturated carbocycles. The second kappa shape index (κ2) is 5.99. The van der Waals surface area contributed by atoms with Crippen LogP contribution in [0.25, 0.3) is 0 Å². The number of likely N-dealkylation sites (tertiary alicyclic amines) is 1. The second-order valence-corrected chi connectivity index (χ2v) is 6.00. The molecule has 2 aliphatic rings. The maximum Gasteiger partial charge on any atom is 0.149 e. The molecule has 3 unspecified atom stereocenters. The van der Waals surface area contributed by atoms with Gasteiger partial charge < -0.3 is 0 Å². The molecule has 2 rings (SSSR count). The lowest BCUT2D eigenvalue weighted by Crippen LogP contribution is -2.49. The van der Waals surface area contributed by atoms with Gasteiger partial charge in [-0.05, 0) is 44.6 Å². The molecule has 1 aliphatic heterocycles. The van der Waals surface area contributed by atoms with Crippen LogP contribution in [0.15, 0.2) is 0 Å². The molecule has 0 aromatic carbocycles. The first-order valence-corrected chi connectivity index (χ1v) is 7.49. The van der Waals surface area contributed by atoms with Crippen LogP contribution in [0.4, 0.5) is 0 Å². The highest BCUT2D eigenvalue weighted by molar-refractivity contribution is 5.82. The van der Waals surface area contributed by atoms with Gasteiger partial charge in [-0.15, -0.1) is 0 Å². The molecule has 1 heterocycles. The lowest BCUT2D eigenvalue weighted by molar-refractivity contribution is -0.125. The first kappa shape index (κ1) is 13.1. The first-order chi connectivity index (χ1) is 8.22. The Bertz CT molecular complexity index is 262. The molecular formula is C15H27NO. The van der Waals surface area contributed by atoms with E-state index in [4.69, 9.17) is 0 Å². The number of piperidine rings is 1. The van der Waals surface area contributed by atoms with E-state index in [0.717, 1.165) is 31.5 Å². The summed E-state index contributed by atoms with van der Waals surface area (Å²) >= 11 is 0. The van der Waals surface area contributed by atoms with Crippen LogP contribution in [-0.2, 0) is 4.79 Å². The number of Topliss-reactive ketones (excluding diaryl/α,β-unsaturated/α-hetero) is 1. The number of nitrogens with zero attached hydrogens (tertiary/aromatic N) is 1. The van der Waals surface area contributed by atoms with Crippen LogP contribution >= 0.6 is 0 Å². The van der Waals surface area contributed by atoms with Crippen molar-refractivity contribution in [2.24, 2.45) is 11.8 Å². The normalized spacial score (nSPS) is 31.9. The molecule has 0 amide bonds. The molecule has 2 heteroatoms. The summed E-state index contributed by atoms with van der Waals surface area (Å²) in [5, 5.41) is 0. The van der Waals surface area contributed by atoms with E-state index >= 15 is 0 Å². The second-order valence-electron chi connectivity index (χ2n) is 6.00. The van der Waals surface area contributed by atoms with Crippen molar-refractivity contribution >= 4 is 5.78 Å². The number of rotatable bonds is 4. The number of carbonyl (C=O) groups excluding carboxylic acids is 1. The van der Waals surface area contributed by atoms with Crippen molar-refractivity contribution in [2.75, 3.05) is 13.1 Å². The molecule has 0 aromatic heterocycles. The third-order valence-corrected chi connectivity index (χ3v) is 4.88. The molecular weight excluding hydrogens is 210 g/mol. The van der Waals surface area contributed by atoms with Crippen LogP contribution in [0.3, 0.4) is 0 Å². The van der Waals surface area contributed by atoms with Crippen molar-refractivity contribution in [1.29, 1.82) is 0 Å². The van der Waals surface area contributed by atoms with Crippen LogP contribution in [0.5, 0.6) is 0 Å². The highest BCUT2D eigenvalue weighted by Crippen LogP contribution is 2.35. The zero-order chi connectivity index (χ0) is 12.3. The smallest absolute Gasteiger partial charge is 0.149 e. The van der Waals surface area contributed by atoms with Crippen LogP contribution in [0.2, 0.25) is 0 Å². The largest absolute Gasteiger partial charge is 0.298 e. The maximum atomic E-state index is 12.1. The van der Waals surface area contributed by atoms with Gasteiger partial charge >= 0.3 is 0 Å². The summed E-state index contributed by atoms with van der Waals surface area (Å²) in [5.41, 5.74) is 0. The molecule has 1 aliphatic carbocycles. The Morgan fingerprint density at radius 2 is 1.94 bits per heavy atom. The van der Waals surface area contributed by atoms with Crippen LogP contribution < -0.4 is 0 Å². The quantitative estimate of drug-likeness (QED) is 0.748. The van der Waals surface area contributed by atoms with E-state index in [-0.39, 0.29) is 5.92 Å². The minimum atomic E-state index is 0.249. The predicted octanol–water partition coefficient (Wildman–Crippen LogP) is 3.26. The SMILES string of the molecule is CCC(C)C(=O)CN1CCCC2CCCCC21. The summed E-state index contributed by atoms with van der Waals surface area (Å²) < 4.78 is 0. The van der Waals surface area contributed by atoms with E-state index in [9.17, 15) is 4.79 Å². The fraction of sp³-hybridized carbons (Fsp3) is 0.933. The van der Waals surface area contributed by atoms with Gasteiger partial charge in [0.05, 0.1) is 6.54 Å². The zero-order valence-corrected chi connectivity index (χ0v) is 11.5. The fourth-order valence-electron chi connectivity index (χ4n) is 3.51. The standard InChI is InChI=1S/C15H27NO/c1-3-12(2)15(17)11-16-10-6-8-13-7-4-5-9-14(13)16/h12-14H,3-11H2,1-2H3. The van der Waals surface area contributed by atoms with Gasteiger partial charge in [-0.1, -0.05) is 26.7 Å². The fourth-order valence-corrected chi connectivity index (χ4v) is 3.51. The lowest BCUT2D eigenvalue weighted by Gasteiger charge is -2.44. The molecule has 1 saturated heterocycles. The van der Waals surface area contributed by atoms with Crippen molar-refractivity contribution in [1.82, 2.24) is 4.90 Å². The summed E-state index contributed by atoms with van der Waals surface area (Å²) in [5.74, 6) is 1.60. The average Bonchev–Trinajstić information content (AvgIpc) is 2.38. The van der Waals surface area contributed by atoms with E-state index in [2.05, 4.69) is 18.7 Å². The minimum Gasteiger partial charge on any atom is -0.298 e. The van der Waals surface area contributed by atoms with Gasteiger partial charge in [-0.2, -0.15) is 0 Å². The van der Waals surface area contributed by atoms with E-state index in [1.807, 2.05) is 0 Å². The van der Waals surface area contributed by atoms with Crippen molar-refractivity contribution in [3.05, 3.63) is 0 Å². The monoisotopic (exact) mass is 237 g/mol. The molecule has 0 aromatic rings. The molecule has 2 fully saturated rings. The number of fused-ring (bicyclic) bond motifs is 1. The van der Waals surface area contributed by atoms with Gasteiger partial charge in [-0.25, -0.2) is 0 Å². The number of hydrogen-bond donors (Lipinski definition) is 0. The van der Waals surface area contributed by atoms with Gasteiger partial charge in [0, 0.05) is 12.0 Å². The topological polar surface area (TPSA) is 20.3 Å². The highest BCUT2D eigenvalue weighted by atomic mass is 16.1.